The fourth-order valence-corrected chi connectivity index (χ4v) is 3.70. The lowest BCUT2D eigenvalue weighted by molar-refractivity contribution is -0.137. The van der Waals surface area contributed by atoms with Crippen LogP contribution in [0.5, 0.6) is 0 Å². The number of aromatic nitrogens is 3. The van der Waals surface area contributed by atoms with Crippen molar-refractivity contribution in [1.82, 2.24) is 19.9 Å². The maximum atomic E-state index is 13.1. The summed E-state index contributed by atoms with van der Waals surface area (Å²) in [5.41, 5.74) is 1.89. The number of piperidine rings is 1. The summed E-state index contributed by atoms with van der Waals surface area (Å²) in [5.74, 6) is 0.763. The Morgan fingerprint density at radius 1 is 1.19 bits per heavy atom. The molecule has 0 bridgehead atoms. The van der Waals surface area contributed by atoms with Crippen LogP contribution in [0.1, 0.15) is 17.8 Å². The van der Waals surface area contributed by atoms with E-state index in [-0.39, 0.29) is 17.9 Å². The van der Waals surface area contributed by atoms with E-state index in [9.17, 15) is 4.79 Å². The minimum Gasteiger partial charge on any atom is -0.374 e. The number of hydrogen-bond donors (Lipinski definition) is 0. The van der Waals surface area contributed by atoms with Gasteiger partial charge in [-0.2, -0.15) is 0 Å². The number of anilines is 1. The zero-order valence-corrected chi connectivity index (χ0v) is 14.9. The SMILES string of the molecule is Cc1cccc(CN2CCO[C@H]3CN(c4ncccn4)CC[C@H]3C2=O)n1. The van der Waals surface area contributed by atoms with Crippen molar-refractivity contribution in [3.63, 3.8) is 0 Å². The summed E-state index contributed by atoms with van der Waals surface area (Å²) in [6, 6.07) is 7.73. The average Bonchev–Trinajstić information content (AvgIpc) is 2.81. The van der Waals surface area contributed by atoms with Gasteiger partial charge >= 0.3 is 0 Å². The highest BCUT2D eigenvalue weighted by Crippen LogP contribution is 2.27. The van der Waals surface area contributed by atoms with Crippen LogP contribution in [0.15, 0.2) is 36.7 Å². The van der Waals surface area contributed by atoms with Crippen molar-refractivity contribution in [3.05, 3.63) is 48.0 Å². The second-order valence-electron chi connectivity index (χ2n) is 6.83. The smallest absolute Gasteiger partial charge is 0.228 e. The molecule has 2 aromatic rings. The van der Waals surface area contributed by atoms with E-state index in [4.69, 9.17) is 4.74 Å². The number of rotatable bonds is 3. The number of ether oxygens (including phenoxy) is 1. The Kier molecular flexibility index (Phi) is 4.79. The summed E-state index contributed by atoms with van der Waals surface area (Å²) in [6.07, 6.45) is 4.11. The number of fused-ring (bicyclic) bond motifs is 1. The maximum Gasteiger partial charge on any atom is 0.228 e. The highest BCUT2D eigenvalue weighted by atomic mass is 16.5. The van der Waals surface area contributed by atoms with Crippen molar-refractivity contribution in [2.75, 3.05) is 31.1 Å². The van der Waals surface area contributed by atoms with E-state index >= 15 is 0 Å². The lowest BCUT2D eigenvalue weighted by atomic mass is 9.92. The van der Waals surface area contributed by atoms with E-state index in [1.165, 1.54) is 0 Å². The summed E-state index contributed by atoms with van der Waals surface area (Å²) >= 11 is 0. The number of nitrogens with zero attached hydrogens (tertiary/aromatic N) is 5. The molecule has 0 aromatic carbocycles. The highest BCUT2D eigenvalue weighted by Gasteiger charge is 2.39. The molecule has 2 fully saturated rings. The predicted octanol–water partition coefficient (Wildman–Crippen LogP) is 1.43. The molecule has 4 heterocycles. The van der Waals surface area contributed by atoms with Crippen molar-refractivity contribution in [2.45, 2.75) is 26.0 Å². The molecule has 0 aliphatic carbocycles. The topological polar surface area (TPSA) is 71.5 Å². The standard InChI is InChI=1S/C19H23N5O2/c1-14-4-2-5-15(22-14)12-23-10-11-26-17-13-24(9-6-16(17)18(23)25)19-20-7-3-8-21-19/h2-5,7-8,16-17H,6,9-13H2,1H3/t16-,17+/m1/s1. The Bertz CT molecular complexity index is 770. The van der Waals surface area contributed by atoms with Crippen LogP contribution in [0.25, 0.3) is 0 Å². The zero-order chi connectivity index (χ0) is 17.9. The summed E-state index contributed by atoms with van der Waals surface area (Å²) in [6.45, 7) is 5.06. The number of aryl methyl sites for hydroxylation is 1. The number of pyridine rings is 1. The van der Waals surface area contributed by atoms with Crippen molar-refractivity contribution >= 4 is 11.9 Å². The lowest BCUT2D eigenvalue weighted by Gasteiger charge is -2.37. The van der Waals surface area contributed by atoms with Crippen LogP contribution in [0, 0.1) is 12.8 Å². The fourth-order valence-electron chi connectivity index (χ4n) is 3.70. The largest absolute Gasteiger partial charge is 0.374 e. The Labute approximate surface area is 153 Å². The number of amides is 1. The Hall–Kier alpha value is -2.54. The molecule has 7 nitrogen and oxygen atoms in total. The predicted molar refractivity (Wildman–Crippen MR) is 96.5 cm³/mol. The normalized spacial score (nSPS) is 23.5. The van der Waals surface area contributed by atoms with Gasteiger partial charge in [0.2, 0.25) is 11.9 Å². The van der Waals surface area contributed by atoms with Gasteiger partial charge in [-0.1, -0.05) is 6.07 Å². The zero-order valence-electron chi connectivity index (χ0n) is 14.9. The molecule has 4 rings (SSSR count). The first-order valence-corrected chi connectivity index (χ1v) is 9.05. The second-order valence-corrected chi connectivity index (χ2v) is 6.83. The first kappa shape index (κ1) is 16.9. The third-order valence-electron chi connectivity index (χ3n) is 5.01. The van der Waals surface area contributed by atoms with Crippen LogP contribution in [0.3, 0.4) is 0 Å². The molecule has 2 atom stereocenters. The first-order valence-electron chi connectivity index (χ1n) is 9.05. The summed E-state index contributed by atoms with van der Waals surface area (Å²) in [4.78, 5) is 30.2. The molecular weight excluding hydrogens is 330 g/mol. The number of carbonyl (C=O) groups excluding carboxylic acids is 1. The average molecular weight is 353 g/mol. The van der Waals surface area contributed by atoms with Crippen molar-refractivity contribution in [1.29, 1.82) is 0 Å². The monoisotopic (exact) mass is 353 g/mol. The molecule has 0 unspecified atom stereocenters. The molecule has 0 radical (unpaired) electrons. The molecule has 2 aromatic heterocycles. The van der Waals surface area contributed by atoms with E-state index in [1.54, 1.807) is 18.5 Å². The van der Waals surface area contributed by atoms with Crippen LogP contribution in [0.4, 0.5) is 5.95 Å². The van der Waals surface area contributed by atoms with E-state index < -0.39 is 0 Å². The minimum atomic E-state index is -0.115. The van der Waals surface area contributed by atoms with Gasteiger partial charge in [-0.05, 0) is 31.5 Å². The van der Waals surface area contributed by atoms with Gasteiger partial charge < -0.3 is 14.5 Å². The molecule has 7 heteroatoms. The van der Waals surface area contributed by atoms with Gasteiger partial charge in [0.25, 0.3) is 0 Å². The third-order valence-corrected chi connectivity index (χ3v) is 5.01. The molecule has 2 saturated heterocycles. The van der Waals surface area contributed by atoms with Crippen LogP contribution in [0.2, 0.25) is 0 Å². The fraction of sp³-hybridized carbons (Fsp3) is 0.474. The van der Waals surface area contributed by atoms with Gasteiger partial charge in [-0.25, -0.2) is 9.97 Å². The first-order chi connectivity index (χ1) is 12.7. The maximum absolute atomic E-state index is 13.1. The quantitative estimate of drug-likeness (QED) is 0.831. The van der Waals surface area contributed by atoms with Crippen LogP contribution < -0.4 is 4.90 Å². The molecule has 0 spiro atoms. The summed E-state index contributed by atoms with van der Waals surface area (Å²) < 4.78 is 6.04. The van der Waals surface area contributed by atoms with E-state index in [2.05, 4.69) is 19.9 Å². The molecular formula is C19H23N5O2. The van der Waals surface area contributed by atoms with Gasteiger partial charge in [0.05, 0.1) is 30.9 Å². The van der Waals surface area contributed by atoms with Crippen molar-refractivity contribution < 1.29 is 9.53 Å². The van der Waals surface area contributed by atoms with Gasteiger partial charge in [0.15, 0.2) is 0 Å². The van der Waals surface area contributed by atoms with Gasteiger partial charge in [0, 0.05) is 37.7 Å². The molecule has 2 aliphatic heterocycles. The molecule has 0 saturated carbocycles. The molecule has 2 aliphatic rings. The molecule has 1 amide bonds. The van der Waals surface area contributed by atoms with E-state index in [0.717, 1.165) is 24.4 Å². The Morgan fingerprint density at radius 2 is 2.04 bits per heavy atom. The highest BCUT2D eigenvalue weighted by molar-refractivity contribution is 5.80. The van der Waals surface area contributed by atoms with Crippen molar-refractivity contribution in [3.8, 4) is 0 Å². The van der Waals surface area contributed by atoms with Gasteiger partial charge in [-0.3, -0.25) is 9.78 Å². The van der Waals surface area contributed by atoms with Crippen LogP contribution >= 0.6 is 0 Å². The van der Waals surface area contributed by atoms with Gasteiger partial charge in [-0.15, -0.1) is 0 Å². The van der Waals surface area contributed by atoms with Crippen LogP contribution in [-0.4, -0.2) is 58.1 Å². The number of hydrogen-bond acceptors (Lipinski definition) is 6. The van der Waals surface area contributed by atoms with Crippen molar-refractivity contribution in [2.24, 2.45) is 5.92 Å². The third kappa shape index (κ3) is 3.53. The lowest BCUT2D eigenvalue weighted by Crippen LogP contribution is -2.49. The summed E-state index contributed by atoms with van der Waals surface area (Å²) in [5, 5.41) is 0. The van der Waals surface area contributed by atoms with Gasteiger partial charge in [0.1, 0.15) is 0 Å². The van der Waals surface area contributed by atoms with E-state index in [1.807, 2.05) is 30.0 Å². The van der Waals surface area contributed by atoms with Crippen LogP contribution in [-0.2, 0) is 16.1 Å². The molecule has 26 heavy (non-hydrogen) atoms. The molecule has 0 N–H and O–H groups in total. The minimum absolute atomic E-state index is 0.109. The summed E-state index contributed by atoms with van der Waals surface area (Å²) in [7, 11) is 0. The Morgan fingerprint density at radius 3 is 2.85 bits per heavy atom. The molecule has 136 valence electrons. The Balaban J connectivity index is 1.46. The second kappa shape index (κ2) is 7.37. The number of carbonyl (C=O) groups is 1. The van der Waals surface area contributed by atoms with E-state index in [0.29, 0.717) is 32.2 Å².